The standard InChI is InChI=1S/C13H10BrClN2O/c14-9-1-3-12(4-2-9)17-13(18)8-5-10(15)7-11(16)6-8/h1-7H,16H2,(H,17,18). The molecular formula is C13H10BrClN2O. The summed E-state index contributed by atoms with van der Waals surface area (Å²) in [6.45, 7) is 0. The molecule has 0 aliphatic rings. The third-order valence-electron chi connectivity index (χ3n) is 2.28. The minimum Gasteiger partial charge on any atom is -0.399 e. The number of benzene rings is 2. The van der Waals surface area contributed by atoms with Gasteiger partial charge in [-0.25, -0.2) is 0 Å². The molecule has 18 heavy (non-hydrogen) atoms. The minimum atomic E-state index is -0.244. The van der Waals surface area contributed by atoms with E-state index in [1.54, 1.807) is 30.3 Å². The number of rotatable bonds is 2. The average molecular weight is 326 g/mol. The van der Waals surface area contributed by atoms with Crippen LogP contribution in [0.2, 0.25) is 5.02 Å². The molecule has 3 nitrogen and oxygen atoms in total. The molecule has 0 heterocycles. The fourth-order valence-corrected chi connectivity index (χ4v) is 1.99. The van der Waals surface area contributed by atoms with Crippen LogP contribution in [0.5, 0.6) is 0 Å². The number of hydrogen-bond acceptors (Lipinski definition) is 2. The molecule has 5 heteroatoms. The maximum absolute atomic E-state index is 12.0. The van der Waals surface area contributed by atoms with Crippen LogP contribution in [0, 0.1) is 0 Å². The lowest BCUT2D eigenvalue weighted by atomic mass is 10.2. The summed E-state index contributed by atoms with van der Waals surface area (Å²) in [4.78, 5) is 12.0. The Morgan fingerprint density at radius 1 is 1.17 bits per heavy atom. The van der Waals surface area contributed by atoms with Crippen LogP contribution < -0.4 is 11.1 Å². The molecule has 0 bridgehead atoms. The third-order valence-corrected chi connectivity index (χ3v) is 3.03. The predicted molar refractivity (Wildman–Crippen MR) is 78.0 cm³/mol. The van der Waals surface area contributed by atoms with Gasteiger partial charge in [-0.3, -0.25) is 4.79 Å². The van der Waals surface area contributed by atoms with Crippen molar-refractivity contribution in [3.05, 3.63) is 57.5 Å². The maximum Gasteiger partial charge on any atom is 0.255 e. The van der Waals surface area contributed by atoms with Crippen LogP contribution >= 0.6 is 27.5 Å². The van der Waals surface area contributed by atoms with Crippen molar-refractivity contribution in [2.45, 2.75) is 0 Å². The van der Waals surface area contributed by atoms with E-state index in [0.717, 1.165) is 4.47 Å². The second kappa shape index (κ2) is 5.42. The molecule has 0 saturated heterocycles. The number of nitrogen functional groups attached to an aromatic ring is 1. The lowest BCUT2D eigenvalue weighted by Gasteiger charge is -2.06. The van der Waals surface area contributed by atoms with Gasteiger partial charge in [0.25, 0.3) is 5.91 Å². The van der Waals surface area contributed by atoms with E-state index in [0.29, 0.717) is 22.0 Å². The molecule has 0 spiro atoms. The molecule has 92 valence electrons. The summed E-state index contributed by atoms with van der Waals surface area (Å²) in [6.07, 6.45) is 0. The molecule has 0 aliphatic carbocycles. The van der Waals surface area contributed by atoms with Crippen molar-refractivity contribution in [1.29, 1.82) is 0 Å². The average Bonchev–Trinajstić information content (AvgIpc) is 2.31. The molecule has 0 atom stereocenters. The number of nitrogens with one attached hydrogen (secondary N) is 1. The minimum absolute atomic E-state index is 0.244. The van der Waals surface area contributed by atoms with Crippen LogP contribution in [0.4, 0.5) is 11.4 Å². The van der Waals surface area contributed by atoms with Crippen molar-refractivity contribution < 1.29 is 4.79 Å². The highest BCUT2D eigenvalue weighted by molar-refractivity contribution is 9.10. The van der Waals surface area contributed by atoms with Crippen molar-refractivity contribution in [2.75, 3.05) is 11.1 Å². The van der Waals surface area contributed by atoms with E-state index in [-0.39, 0.29) is 5.91 Å². The fraction of sp³-hybridized carbons (Fsp3) is 0. The Morgan fingerprint density at radius 2 is 1.83 bits per heavy atom. The Bertz CT molecular complexity index is 564. The lowest BCUT2D eigenvalue weighted by Crippen LogP contribution is -2.12. The van der Waals surface area contributed by atoms with Crippen molar-refractivity contribution in [1.82, 2.24) is 0 Å². The van der Waals surface area contributed by atoms with Crippen LogP contribution in [-0.2, 0) is 0 Å². The lowest BCUT2D eigenvalue weighted by molar-refractivity contribution is 0.102. The molecule has 2 rings (SSSR count). The first-order chi connectivity index (χ1) is 8.54. The molecule has 2 aromatic carbocycles. The van der Waals surface area contributed by atoms with E-state index in [2.05, 4.69) is 21.2 Å². The SMILES string of the molecule is Nc1cc(Cl)cc(C(=O)Nc2ccc(Br)cc2)c1. The summed E-state index contributed by atoms with van der Waals surface area (Å²) >= 11 is 9.18. The first-order valence-corrected chi connectivity index (χ1v) is 6.35. The molecule has 0 radical (unpaired) electrons. The second-order valence-corrected chi connectivity index (χ2v) is 5.09. The summed E-state index contributed by atoms with van der Waals surface area (Å²) in [5, 5.41) is 3.21. The highest BCUT2D eigenvalue weighted by Crippen LogP contribution is 2.19. The van der Waals surface area contributed by atoms with Crippen LogP contribution in [0.3, 0.4) is 0 Å². The quantitative estimate of drug-likeness (QED) is 0.822. The molecule has 1 amide bonds. The summed E-state index contributed by atoms with van der Waals surface area (Å²) in [7, 11) is 0. The fourth-order valence-electron chi connectivity index (χ4n) is 1.48. The zero-order chi connectivity index (χ0) is 13.1. The molecular weight excluding hydrogens is 316 g/mol. The number of anilines is 2. The van der Waals surface area contributed by atoms with Crippen molar-refractivity contribution in [3.8, 4) is 0 Å². The summed E-state index contributed by atoms with van der Waals surface area (Å²) in [6, 6.07) is 12.1. The van der Waals surface area contributed by atoms with Gasteiger partial charge in [0.05, 0.1) is 0 Å². The molecule has 0 saturated carbocycles. The second-order valence-electron chi connectivity index (χ2n) is 3.73. The Balaban J connectivity index is 2.19. The van der Waals surface area contributed by atoms with E-state index in [1.807, 2.05) is 12.1 Å². The first kappa shape index (κ1) is 12.9. The Labute approximate surface area is 118 Å². The zero-order valence-corrected chi connectivity index (χ0v) is 11.6. The zero-order valence-electron chi connectivity index (χ0n) is 9.28. The Morgan fingerprint density at radius 3 is 2.44 bits per heavy atom. The van der Waals surface area contributed by atoms with Crippen LogP contribution in [0.25, 0.3) is 0 Å². The van der Waals surface area contributed by atoms with Gasteiger partial charge in [-0.05, 0) is 42.5 Å². The number of nitrogens with two attached hydrogens (primary N) is 1. The van der Waals surface area contributed by atoms with Gasteiger partial charge in [-0.2, -0.15) is 0 Å². The topological polar surface area (TPSA) is 55.1 Å². The number of carbonyl (C=O) groups excluding carboxylic acids is 1. The highest BCUT2D eigenvalue weighted by atomic mass is 79.9. The molecule has 0 unspecified atom stereocenters. The number of amides is 1. The van der Waals surface area contributed by atoms with Gasteiger partial charge >= 0.3 is 0 Å². The van der Waals surface area contributed by atoms with Gasteiger partial charge in [-0.1, -0.05) is 27.5 Å². The van der Waals surface area contributed by atoms with Crippen LogP contribution in [0.1, 0.15) is 10.4 Å². The van der Waals surface area contributed by atoms with Crippen molar-refractivity contribution >= 4 is 44.8 Å². The van der Waals surface area contributed by atoms with Gasteiger partial charge < -0.3 is 11.1 Å². The summed E-state index contributed by atoms with van der Waals surface area (Å²) in [5.74, 6) is -0.244. The van der Waals surface area contributed by atoms with Gasteiger partial charge in [0.1, 0.15) is 0 Å². The molecule has 0 fully saturated rings. The molecule has 0 aliphatic heterocycles. The van der Waals surface area contributed by atoms with Crippen molar-refractivity contribution in [2.24, 2.45) is 0 Å². The third kappa shape index (κ3) is 3.24. The highest BCUT2D eigenvalue weighted by Gasteiger charge is 2.07. The molecule has 0 aromatic heterocycles. The summed E-state index contributed by atoms with van der Waals surface area (Å²) < 4.78 is 0.951. The van der Waals surface area contributed by atoms with Crippen LogP contribution in [0.15, 0.2) is 46.9 Å². The van der Waals surface area contributed by atoms with Crippen LogP contribution in [-0.4, -0.2) is 5.91 Å². The van der Waals surface area contributed by atoms with Gasteiger partial charge in [0.2, 0.25) is 0 Å². The molecule has 2 aromatic rings. The van der Waals surface area contributed by atoms with Gasteiger partial charge in [0, 0.05) is 26.4 Å². The normalized spacial score (nSPS) is 10.1. The number of hydrogen-bond donors (Lipinski definition) is 2. The largest absolute Gasteiger partial charge is 0.399 e. The Hall–Kier alpha value is -1.52. The number of halogens is 2. The maximum atomic E-state index is 12.0. The van der Waals surface area contributed by atoms with E-state index in [1.165, 1.54) is 0 Å². The first-order valence-electron chi connectivity index (χ1n) is 5.17. The monoisotopic (exact) mass is 324 g/mol. The number of carbonyl (C=O) groups is 1. The van der Waals surface area contributed by atoms with Gasteiger partial charge in [-0.15, -0.1) is 0 Å². The predicted octanol–water partition coefficient (Wildman–Crippen LogP) is 3.94. The van der Waals surface area contributed by atoms with E-state index in [4.69, 9.17) is 17.3 Å². The van der Waals surface area contributed by atoms with E-state index >= 15 is 0 Å². The van der Waals surface area contributed by atoms with Crippen molar-refractivity contribution in [3.63, 3.8) is 0 Å². The smallest absolute Gasteiger partial charge is 0.255 e. The van der Waals surface area contributed by atoms with E-state index < -0.39 is 0 Å². The molecule has 3 N–H and O–H groups in total. The summed E-state index contributed by atoms with van der Waals surface area (Å²) in [5.41, 5.74) is 7.24. The Kier molecular flexibility index (Phi) is 3.89. The van der Waals surface area contributed by atoms with Gasteiger partial charge in [0.15, 0.2) is 0 Å². The van der Waals surface area contributed by atoms with E-state index in [9.17, 15) is 4.79 Å².